The van der Waals surface area contributed by atoms with Crippen LogP contribution < -0.4 is 10.2 Å². The topological polar surface area (TPSA) is 55.6 Å². The molecule has 0 bridgehead atoms. The van der Waals surface area contributed by atoms with Gasteiger partial charge < -0.3 is 9.30 Å². The number of carbonyl (C=O) groups excluding carboxylic acids is 1. The van der Waals surface area contributed by atoms with Gasteiger partial charge in [-0.3, -0.25) is 4.79 Å². The minimum atomic E-state index is -0.310. The number of rotatable bonds is 5. The summed E-state index contributed by atoms with van der Waals surface area (Å²) >= 11 is 0. The molecular formula is C25H29N3O2. The van der Waals surface area contributed by atoms with E-state index < -0.39 is 0 Å². The molecule has 3 aromatic rings. The van der Waals surface area contributed by atoms with Gasteiger partial charge in [-0.25, -0.2) is 5.43 Å². The lowest BCUT2D eigenvalue weighted by atomic mass is 9.87. The predicted molar refractivity (Wildman–Crippen MR) is 122 cm³/mol. The average molecular weight is 404 g/mol. The molecule has 1 aromatic heterocycles. The van der Waals surface area contributed by atoms with Crippen LogP contribution in [0.3, 0.4) is 0 Å². The summed E-state index contributed by atoms with van der Waals surface area (Å²) in [6, 6.07) is 17.8. The first kappa shape index (κ1) is 21.4. The number of carbonyl (C=O) groups is 1. The predicted octanol–water partition coefficient (Wildman–Crippen LogP) is 5.16. The van der Waals surface area contributed by atoms with Crippen molar-refractivity contribution in [1.29, 1.82) is 0 Å². The second-order valence-corrected chi connectivity index (χ2v) is 8.36. The van der Waals surface area contributed by atoms with E-state index in [1.54, 1.807) is 24.4 Å². The number of nitrogens with one attached hydrogen (secondary N) is 1. The summed E-state index contributed by atoms with van der Waals surface area (Å²) in [5.74, 6) is 0.206. The molecule has 1 amide bonds. The summed E-state index contributed by atoms with van der Waals surface area (Å²) in [6.07, 6.45) is 1.68. The van der Waals surface area contributed by atoms with Crippen molar-refractivity contribution in [2.45, 2.75) is 40.0 Å². The summed E-state index contributed by atoms with van der Waals surface area (Å²) in [7, 11) is 1.54. The normalized spacial score (nSPS) is 11.7. The number of hydrogen-bond acceptors (Lipinski definition) is 3. The third kappa shape index (κ3) is 4.46. The van der Waals surface area contributed by atoms with Crippen LogP contribution in [0.15, 0.2) is 59.7 Å². The van der Waals surface area contributed by atoms with Crippen LogP contribution in [0.1, 0.15) is 53.6 Å². The van der Waals surface area contributed by atoms with Gasteiger partial charge in [0.2, 0.25) is 0 Å². The summed E-state index contributed by atoms with van der Waals surface area (Å²) in [5.41, 5.74) is 8.68. The molecule has 0 aliphatic carbocycles. The Kier molecular flexibility index (Phi) is 6.11. The molecule has 0 saturated heterocycles. The highest BCUT2D eigenvalue weighted by Gasteiger charge is 2.15. The maximum Gasteiger partial charge on any atom is 0.275 e. The van der Waals surface area contributed by atoms with Gasteiger partial charge in [0, 0.05) is 22.6 Å². The Morgan fingerprint density at radius 3 is 2.37 bits per heavy atom. The molecule has 30 heavy (non-hydrogen) atoms. The van der Waals surface area contributed by atoms with Crippen LogP contribution in [0.5, 0.6) is 5.75 Å². The third-order valence-electron chi connectivity index (χ3n) is 5.18. The van der Waals surface area contributed by atoms with E-state index in [1.165, 1.54) is 12.7 Å². The molecule has 0 fully saturated rings. The van der Waals surface area contributed by atoms with Gasteiger partial charge in [-0.15, -0.1) is 0 Å². The number of para-hydroxylation sites is 1. The standard InChI is InChI=1S/C25H29N3O2/c1-17-15-19(16-26-27-24(29)22-9-7-8-10-23(22)30-6)18(2)28(17)21-13-11-20(12-14-21)25(3,4)5/h7-16H,1-6H3,(H,27,29). The zero-order chi connectivity index (χ0) is 21.9. The fraction of sp³-hybridized carbons (Fsp3) is 0.280. The highest BCUT2D eigenvalue weighted by atomic mass is 16.5. The molecule has 5 nitrogen and oxygen atoms in total. The van der Waals surface area contributed by atoms with Gasteiger partial charge in [0.05, 0.1) is 18.9 Å². The Balaban J connectivity index is 1.79. The molecule has 0 saturated carbocycles. The second-order valence-electron chi connectivity index (χ2n) is 8.36. The molecule has 1 heterocycles. The fourth-order valence-corrected chi connectivity index (χ4v) is 3.48. The Hall–Kier alpha value is -3.34. The van der Waals surface area contributed by atoms with Crippen LogP contribution in [0.4, 0.5) is 0 Å². The van der Waals surface area contributed by atoms with Crippen molar-refractivity contribution in [3.63, 3.8) is 0 Å². The number of methoxy groups -OCH3 is 1. The summed E-state index contributed by atoms with van der Waals surface area (Å²) in [5, 5.41) is 4.16. The van der Waals surface area contributed by atoms with Crippen LogP contribution in [0.2, 0.25) is 0 Å². The van der Waals surface area contributed by atoms with E-state index in [4.69, 9.17) is 4.74 Å². The summed E-state index contributed by atoms with van der Waals surface area (Å²) in [6.45, 7) is 10.7. The number of hydrazone groups is 1. The quantitative estimate of drug-likeness (QED) is 0.472. The Bertz CT molecular complexity index is 1070. The number of aryl methyl sites for hydroxylation is 1. The van der Waals surface area contributed by atoms with Crippen LogP contribution in [-0.4, -0.2) is 23.8 Å². The first-order valence-electron chi connectivity index (χ1n) is 9.98. The van der Waals surface area contributed by atoms with Crippen LogP contribution in [0.25, 0.3) is 5.69 Å². The molecule has 0 aliphatic heterocycles. The van der Waals surface area contributed by atoms with E-state index in [9.17, 15) is 4.79 Å². The lowest BCUT2D eigenvalue weighted by Gasteiger charge is -2.20. The first-order valence-corrected chi connectivity index (χ1v) is 9.98. The molecule has 5 heteroatoms. The zero-order valence-electron chi connectivity index (χ0n) is 18.5. The maximum absolute atomic E-state index is 12.4. The smallest absolute Gasteiger partial charge is 0.275 e. The van der Waals surface area contributed by atoms with E-state index in [0.717, 1.165) is 22.6 Å². The van der Waals surface area contributed by atoms with Crippen molar-refractivity contribution in [2.24, 2.45) is 5.10 Å². The number of benzene rings is 2. The number of amides is 1. The molecule has 0 radical (unpaired) electrons. The number of ether oxygens (including phenoxy) is 1. The number of nitrogens with zero attached hydrogens (tertiary/aromatic N) is 2. The van der Waals surface area contributed by atoms with Gasteiger partial charge in [-0.1, -0.05) is 45.0 Å². The Morgan fingerprint density at radius 2 is 1.73 bits per heavy atom. The highest BCUT2D eigenvalue weighted by molar-refractivity contribution is 5.97. The first-order chi connectivity index (χ1) is 14.2. The molecule has 0 atom stereocenters. The minimum absolute atomic E-state index is 0.122. The van der Waals surface area contributed by atoms with Crippen molar-refractivity contribution >= 4 is 12.1 Å². The van der Waals surface area contributed by atoms with E-state index in [2.05, 4.69) is 73.1 Å². The van der Waals surface area contributed by atoms with E-state index in [-0.39, 0.29) is 11.3 Å². The summed E-state index contributed by atoms with van der Waals surface area (Å²) in [4.78, 5) is 12.4. The van der Waals surface area contributed by atoms with Gasteiger partial charge in [-0.05, 0) is 55.2 Å². The molecule has 1 N–H and O–H groups in total. The van der Waals surface area contributed by atoms with Crippen LogP contribution in [-0.2, 0) is 5.41 Å². The molecule has 0 spiro atoms. The molecule has 0 aliphatic rings. The van der Waals surface area contributed by atoms with Gasteiger partial charge >= 0.3 is 0 Å². The van der Waals surface area contributed by atoms with Crippen molar-refractivity contribution in [1.82, 2.24) is 9.99 Å². The van der Waals surface area contributed by atoms with Crippen LogP contribution in [0, 0.1) is 13.8 Å². The molecular weight excluding hydrogens is 374 g/mol. The van der Waals surface area contributed by atoms with Crippen molar-refractivity contribution in [2.75, 3.05) is 7.11 Å². The molecule has 0 unspecified atom stereocenters. The number of hydrogen-bond donors (Lipinski definition) is 1. The Labute approximate surface area is 178 Å². The average Bonchev–Trinajstić information content (AvgIpc) is 3.00. The van der Waals surface area contributed by atoms with Gasteiger partial charge in [0.15, 0.2) is 0 Å². The van der Waals surface area contributed by atoms with E-state index in [0.29, 0.717) is 11.3 Å². The molecule has 3 rings (SSSR count). The van der Waals surface area contributed by atoms with Gasteiger partial charge in [-0.2, -0.15) is 5.10 Å². The van der Waals surface area contributed by atoms with E-state index in [1.807, 2.05) is 13.0 Å². The second kappa shape index (κ2) is 8.57. The van der Waals surface area contributed by atoms with Crippen molar-refractivity contribution in [3.05, 3.63) is 82.7 Å². The lowest BCUT2D eigenvalue weighted by Crippen LogP contribution is -2.18. The third-order valence-corrected chi connectivity index (χ3v) is 5.18. The van der Waals surface area contributed by atoms with Gasteiger partial charge in [0.25, 0.3) is 5.91 Å². The number of aromatic nitrogens is 1. The largest absolute Gasteiger partial charge is 0.496 e. The Morgan fingerprint density at radius 1 is 1.07 bits per heavy atom. The molecule has 156 valence electrons. The SMILES string of the molecule is COc1ccccc1C(=O)NN=Cc1cc(C)n(-c2ccc(C(C)(C)C)cc2)c1C. The van der Waals surface area contributed by atoms with E-state index >= 15 is 0 Å². The lowest BCUT2D eigenvalue weighted by molar-refractivity contribution is 0.0952. The van der Waals surface area contributed by atoms with Crippen molar-refractivity contribution in [3.8, 4) is 11.4 Å². The molecule has 2 aromatic carbocycles. The fourth-order valence-electron chi connectivity index (χ4n) is 3.48. The maximum atomic E-state index is 12.4. The zero-order valence-corrected chi connectivity index (χ0v) is 18.5. The minimum Gasteiger partial charge on any atom is -0.496 e. The van der Waals surface area contributed by atoms with Gasteiger partial charge in [0.1, 0.15) is 5.75 Å². The summed E-state index contributed by atoms with van der Waals surface area (Å²) < 4.78 is 7.42. The van der Waals surface area contributed by atoms with Crippen LogP contribution >= 0.6 is 0 Å². The monoisotopic (exact) mass is 403 g/mol. The highest BCUT2D eigenvalue weighted by Crippen LogP contribution is 2.25. The van der Waals surface area contributed by atoms with Crippen molar-refractivity contribution < 1.29 is 9.53 Å².